The predicted octanol–water partition coefficient (Wildman–Crippen LogP) is 2.43. The third-order valence-corrected chi connectivity index (χ3v) is 8.86. The van der Waals surface area contributed by atoms with Crippen LogP contribution in [-0.2, 0) is 37.3 Å². The van der Waals surface area contributed by atoms with Crippen LogP contribution in [0.3, 0.4) is 0 Å². The first-order valence-electron chi connectivity index (χ1n) is 13.3. The summed E-state index contributed by atoms with van der Waals surface area (Å²) in [7, 11) is -3.96. The van der Waals surface area contributed by atoms with Crippen molar-refractivity contribution in [2.75, 3.05) is 19.9 Å². The summed E-state index contributed by atoms with van der Waals surface area (Å²) < 4.78 is 45.0. The van der Waals surface area contributed by atoms with Crippen molar-refractivity contribution >= 4 is 16.1 Å². The van der Waals surface area contributed by atoms with E-state index in [1.54, 1.807) is 12.1 Å². The van der Waals surface area contributed by atoms with Crippen LogP contribution in [0.2, 0.25) is 0 Å². The van der Waals surface area contributed by atoms with Crippen LogP contribution in [0.1, 0.15) is 37.8 Å². The van der Waals surface area contributed by atoms with Gasteiger partial charge in [-0.15, -0.1) is 0 Å². The number of rotatable bonds is 12. The van der Waals surface area contributed by atoms with Crippen molar-refractivity contribution in [2.45, 2.75) is 75.1 Å². The second-order valence-electron chi connectivity index (χ2n) is 10.6. The average Bonchev–Trinajstić information content (AvgIpc) is 3.50. The summed E-state index contributed by atoms with van der Waals surface area (Å²) in [6.45, 7) is 3.79. The monoisotopic (exact) mass is 562 g/mol. The second-order valence-corrected chi connectivity index (χ2v) is 12.5. The molecule has 1 heterocycles. The Kier molecular flexibility index (Phi) is 9.97. The van der Waals surface area contributed by atoms with Crippen LogP contribution >= 0.6 is 0 Å². The van der Waals surface area contributed by atoms with E-state index in [-0.39, 0.29) is 62.0 Å². The summed E-state index contributed by atoms with van der Waals surface area (Å²) >= 11 is 0. The van der Waals surface area contributed by atoms with Gasteiger partial charge in [-0.25, -0.2) is 13.2 Å². The number of benzene rings is 2. The quantitative estimate of drug-likeness (QED) is 0.359. The van der Waals surface area contributed by atoms with E-state index in [0.29, 0.717) is 18.4 Å². The molecule has 0 bridgehead atoms. The molecule has 0 radical (unpaired) electrons. The number of ether oxygens (including phenoxy) is 3. The average molecular weight is 563 g/mol. The number of hydrogen-bond donors (Lipinski definition) is 3. The Labute approximate surface area is 229 Å². The molecule has 0 unspecified atom stereocenters. The fraction of sp³-hybridized carbons (Fsp3) is 0.536. The zero-order chi connectivity index (χ0) is 28.0. The number of carbonyl (C=O) groups excluding carboxylic acids is 1. The van der Waals surface area contributed by atoms with Crippen LogP contribution < -0.4 is 5.32 Å². The van der Waals surface area contributed by atoms with Crippen LogP contribution in [0.15, 0.2) is 59.5 Å². The van der Waals surface area contributed by atoms with Gasteiger partial charge in [-0.3, -0.25) is 0 Å². The van der Waals surface area contributed by atoms with E-state index in [9.17, 15) is 23.4 Å². The molecule has 214 valence electrons. The minimum absolute atomic E-state index is 0.0135. The molecule has 2 aliphatic rings. The lowest BCUT2D eigenvalue weighted by atomic mass is 10.0. The molecule has 1 amide bonds. The zero-order valence-corrected chi connectivity index (χ0v) is 23.1. The maximum absolute atomic E-state index is 13.5. The number of amides is 1. The molecule has 2 aromatic carbocycles. The van der Waals surface area contributed by atoms with Crippen LogP contribution in [0, 0.1) is 5.92 Å². The van der Waals surface area contributed by atoms with Crippen LogP contribution in [0.4, 0.5) is 4.79 Å². The third-order valence-electron chi connectivity index (χ3n) is 7.01. The van der Waals surface area contributed by atoms with Gasteiger partial charge in [0, 0.05) is 25.9 Å². The van der Waals surface area contributed by atoms with E-state index in [1.807, 2.05) is 44.2 Å². The molecule has 0 aromatic heterocycles. The maximum atomic E-state index is 13.5. The summed E-state index contributed by atoms with van der Waals surface area (Å²) in [6, 6.07) is 14.5. The predicted molar refractivity (Wildman–Crippen MR) is 143 cm³/mol. The number of carbonyl (C=O) groups is 1. The summed E-state index contributed by atoms with van der Waals surface area (Å²) in [4.78, 5) is 13.0. The van der Waals surface area contributed by atoms with E-state index in [2.05, 4.69) is 5.32 Å². The van der Waals surface area contributed by atoms with Crippen molar-refractivity contribution in [3.05, 3.63) is 65.7 Å². The lowest BCUT2D eigenvalue weighted by Crippen LogP contribution is -2.51. The van der Waals surface area contributed by atoms with Gasteiger partial charge in [-0.2, -0.15) is 4.31 Å². The first-order chi connectivity index (χ1) is 18.7. The highest BCUT2D eigenvalue weighted by Gasteiger charge is 2.42. The third kappa shape index (κ3) is 7.77. The Hall–Kier alpha value is -2.54. The van der Waals surface area contributed by atoms with Crippen molar-refractivity contribution in [3.8, 4) is 0 Å². The Morgan fingerprint density at radius 1 is 1.03 bits per heavy atom. The lowest BCUT2D eigenvalue weighted by Gasteiger charge is -2.31. The number of sulfonamides is 1. The van der Waals surface area contributed by atoms with Gasteiger partial charge in [-0.05, 0) is 35.6 Å². The molecule has 4 rings (SSSR count). The highest BCUT2D eigenvalue weighted by molar-refractivity contribution is 7.89. The zero-order valence-electron chi connectivity index (χ0n) is 22.3. The molecule has 3 N–H and O–H groups in total. The molecular formula is C28H38N2O8S. The molecule has 39 heavy (non-hydrogen) atoms. The van der Waals surface area contributed by atoms with Crippen molar-refractivity contribution < 1.29 is 37.6 Å². The molecule has 1 aliphatic heterocycles. The molecule has 1 saturated carbocycles. The molecule has 5 atom stereocenters. The molecule has 2 aromatic rings. The first kappa shape index (κ1) is 29.4. The van der Waals surface area contributed by atoms with E-state index in [4.69, 9.17) is 14.2 Å². The van der Waals surface area contributed by atoms with Gasteiger partial charge in [0.25, 0.3) is 0 Å². The van der Waals surface area contributed by atoms with Gasteiger partial charge in [0.15, 0.2) is 0 Å². The van der Waals surface area contributed by atoms with Gasteiger partial charge in [-0.1, -0.05) is 56.3 Å². The summed E-state index contributed by atoms with van der Waals surface area (Å²) in [5, 5.41) is 23.4. The highest BCUT2D eigenvalue weighted by Crippen LogP contribution is 2.31. The summed E-state index contributed by atoms with van der Waals surface area (Å²) in [5.74, 6) is -0.0135. The number of nitrogens with one attached hydrogen (secondary N) is 1. The van der Waals surface area contributed by atoms with Crippen LogP contribution in [-0.4, -0.2) is 79.4 Å². The van der Waals surface area contributed by atoms with E-state index >= 15 is 0 Å². The van der Waals surface area contributed by atoms with Gasteiger partial charge < -0.3 is 29.7 Å². The number of hydrogen-bond acceptors (Lipinski definition) is 8. The van der Waals surface area contributed by atoms with E-state index in [1.165, 1.54) is 16.4 Å². The Morgan fingerprint density at radius 2 is 1.67 bits per heavy atom. The summed E-state index contributed by atoms with van der Waals surface area (Å²) in [6.07, 6.45) is -1.09. The van der Waals surface area contributed by atoms with Crippen molar-refractivity contribution in [1.29, 1.82) is 0 Å². The van der Waals surface area contributed by atoms with Crippen LogP contribution in [0.5, 0.6) is 0 Å². The molecule has 0 spiro atoms. The largest absolute Gasteiger partial charge is 0.446 e. The first-order valence-corrected chi connectivity index (χ1v) is 14.7. The van der Waals surface area contributed by atoms with Gasteiger partial charge in [0.1, 0.15) is 12.9 Å². The number of aliphatic hydroxyl groups is 2. The number of nitrogens with zero attached hydrogens (tertiary/aromatic N) is 1. The summed E-state index contributed by atoms with van der Waals surface area (Å²) in [5.41, 5.74) is 1.47. The van der Waals surface area contributed by atoms with Gasteiger partial charge >= 0.3 is 6.09 Å². The Morgan fingerprint density at radius 3 is 2.26 bits per heavy atom. The Bertz CT molecular complexity index is 1160. The van der Waals surface area contributed by atoms with Gasteiger partial charge in [0.2, 0.25) is 10.0 Å². The Balaban J connectivity index is 1.49. The molecule has 1 aliphatic carbocycles. The van der Waals surface area contributed by atoms with Crippen LogP contribution in [0.25, 0.3) is 0 Å². The smallest absolute Gasteiger partial charge is 0.407 e. The molecule has 1 saturated heterocycles. The minimum atomic E-state index is -3.96. The van der Waals surface area contributed by atoms with Gasteiger partial charge in [0.05, 0.1) is 35.9 Å². The molecule has 11 heteroatoms. The number of alkyl carbamates (subject to hydrolysis) is 1. The number of aliphatic hydroxyl groups excluding tert-OH is 2. The lowest BCUT2D eigenvalue weighted by molar-refractivity contribution is 0.00201. The number of fused-ring (bicyclic) bond motifs is 1. The molecule has 2 fully saturated rings. The normalized spacial score (nSPS) is 22.6. The molecular weight excluding hydrogens is 524 g/mol. The van der Waals surface area contributed by atoms with Crippen molar-refractivity contribution in [1.82, 2.24) is 9.62 Å². The maximum Gasteiger partial charge on any atom is 0.407 e. The molecule has 10 nitrogen and oxygen atoms in total. The topological polar surface area (TPSA) is 135 Å². The van der Waals surface area contributed by atoms with Crippen molar-refractivity contribution in [2.24, 2.45) is 5.92 Å². The fourth-order valence-corrected chi connectivity index (χ4v) is 6.62. The standard InChI is InChI=1S/C28H38N2O8S/c1-19(2)15-30(39(34,35)23-10-8-21(17-31)9-11-23)16-25(32)24(12-20-6-4-3-5-7-20)29-28(33)38-22-13-26-27(14-22)37-18-36-26/h3-11,19,22,24-27,31-32H,12-18H2,1-2H3,(H,29,33)/t22-,24-,25+,26+,27-/m0/s1. The van der Waals surface area contributed by atoms with E-state index < -0.39 is 28.3 Å². The second kappa shape index (κ2) is 13.2. The minimum Gasteiger partial charge on any atom is -0.446 e. The fourth-order valence-electron chi connectivity index (χ4n) is 5.00. The van der Waals surface area contributed by atoms with E-state index in [0.717, 1.165) is 5.56 Å². The highest BCUT2D eigenvalue weighted by atomic mass is 32.2. The SMILES string of the molecule is CC(C)CN(C[C@@H](O)[C@H](Cc1ccccc1)NC(=O)O[C@@H]1C[C@@H]2OCO[C@@H]2C1)S(=O)(=O)c1ccc(CO)cc1. The van der Waals surface area contributed by atoms with Crippen molar-refractivity contribution in [3.63, 3.8) is 0 Å².